The van der Waals surface area contributed by atoms with E-state index in [1.807, 2.05) is 0 Å². The summed E-state index contributed by atoms with van der Waals surface area (Å²) in [5.74, 6) is 0.414. The molecular formula is C16H23BrN2O. The van der Waals surface area contributed by atoms with Crippen molar-refractivity contribution in [1.82, 2.24) is 5.32 Å². The molecule has 1 aliphatic carbocycles. The number of β-amino-alcohol motifs (C(OH)–C–C–N with tert-alkyl or cyclic N) is 1. The molecule has 2 unspecified atom stereocenters. The zero-order chi connectivity index (χ0) is 14.1. The first kappa shape index (κ1) is 14.4. The van der Waals surface area contributed by atoms with Gasteiger partial charge in [0.05, 0.1) is 6.10 Å². The van der Waals surface area contributed by atoms with Crippen molar-refractivity contribution in [3.8, 4) is 0 Å². The summed E-state index contributed by atoms with van der Waals surface area (Å²) < 4.78 is 1.16. The van der Waals surface area contributed by atoms with Gasteiger partial charge in [-0.1, -0.05) is 28.9 Å². The highest BCUT2D eigenvalue weighted by molar-refractivity contribution is 9.10. The largest absolute Gasteiger partial charge is 0.391 e. The molecule has 2 aliphatic rings. The van der Waals surface area contributed by atoms with Crippen LogP contribution in [-0.2, 0) is 6.54 Å². The van der Waals surface area contributed by atoms with E-state index in [1.54, 1.807) is 0 Å². The number of hydrogen-bond acceptors (Lipinski definition) is 3. The first-order chi connectivity index (χ1) is 9.63. The van der Waals surface area contributed by atoms with Gasteiger partial charge in [-0.3, -0.25) is 0 Å². The standard InChI is InChI=1S/C16H23BrN2O/c1-11-6-7-19(10-16(11)20)14-5-2-12(15(17)8-14)9-18-13-3-4-13/h2,5,8,11,13,16,18,20H,3-4,6-7,9-10H2,1H3. The highest BCUT2D eigenvalue weighted by atomic mass is 79.9. The van der Waals surface area contributed by atoms with Crippen molar-refractivity contribution in [2.45, 2.75) is 44.9 Å². The maximum Gasteiger partial charge on any atom is 0.0741 e. The molecule has 110 valence electrons. The summed E-state index contributed by atoms with van der Waals surface area (Å²) in [5, 5.41) is 13.6. The van der Waals surface area contributed by atoms with Crippen LogP contribution in [0.5, 0.6) is 0 Å². The third-order valence-corrected chi connectivity index (χ3v) is 5.22. The summed E-state index contributed by atoms with van der Waals surface area (Å²) in [5.41, 5.74) is 2.52. The molecule has 2 fully saturated rings. The molecule has 1 aromatic rings. The third kappa shape index (κ3) is 3.35. The van der Waals surface area contributed by atoms with Gasteiger partial charge in [0.1, 0.15) is 0 Å². The average Bonchev–Trinajstić information content (AvgIpc) is 3.24. The number of hydrogen-bond donors (Lipinski definition) is 2. The molecule has 3 nitrogen and oxygen atoms in total. The quantitative estimate of drug-likeness (QED) is 0.885. The van der Waals surface area contributed by atoms with E-state index in [2.05, 4.69) is 51.3 Å². The number of benzene rings is 1. The Labute approximate surface area is 129 Å². The second kappa shape index (κ2) is 6.04. The minimum atomic E-state index is -0.210. The average molecular weight is 339 g/mol. The van der Waals surface area contributed by atoms with Crippen LogP contribution in [0, 0.1) is 5.92 Å². The van der Waals surface area contributed by atoms with Gasteiger partial charge in [0, 0.05) is 35.8 Å². The fourth-order valence-electron chi connectivity index (χ4n) is 2.70. The highest BCUT2D eigenvalue weighted by Crippen LogP contribution is 2.28. The van der Waals surface area contributed by atoms with Crippen LogP contribution in [0.15, 0.2) is 22.7 Å². The Balaban J connectivity index is 1.66. The Kier molecular flexibility index (Phi) is 4.34. The molecule has 0 aromatic heterocycles. The molecule has 1 saturated heterocycles. The topological polar surface area (TPSA) is 35.5 Å². The van der Waals surface area contributed by atoms with Gasteiger partial charge in [-0.05, 0) is 42.9 Å². The zero-order valence-electron chi connectivity index (χ0n) is 12.0. The van der Waals surface area contributed by atoms with Crippen LogP contribution in [0.1, 0.15) is 31.7 Å². The Morgan fingerprint density at radius 3 is 2.80 bits per heavy atom. The molecule has 2 atom stereocenters. The fourth-order valence-corrected chi connectivity index (χ4v) is 3.21. The SMILES string of the molecule is CC1CCN(c2ccc(CNC3CC3)c(Br)c2)CC1O. The Bertz CT molecular complexity index is 476. The lowest BCUT2D eigenvalue weighted by Crippen LogP contribution is -2.42. The van der Waals surface area contributed by atoms with Crippen LogP contribution in [0.25, 0.3) is 0 Å². The van der Waals surface area contributed by atoms with Crippen LogP contribution in [-0.4, -0.2) is 30.3 Å². The van der Waals surface area contributed by atoms with E-state index in [9.17, 15) is 5.11 Å². The van der Waals surface area contributed by atoms with Crippen molar-refractivity contribution in [3.05, 3.63) is 28.2 Å². The molecule has 2 N–H and O–H groups in total. The summed E-state index contributed by atoms with van der Waals surface area (Å²) in [6, 6.07) is 7.30. The molecule has 0 bridgehead atoms. The Morgan fingerprint density at radius 2 is 2.15 bits per heavy atom. The summed E-state index contributed by atoms with van der Waals surface area (Å²) in [6.45, 7) is 4.84. The minimum Gasteiger partial charge on any atom is -0.391 e. The van der Waals surface area contributed by atoms with E-state index in [1.165, 1.54) is 24.1 Å². The molecule has 0 amide bonds. The first-order valence-corrected chi connectivity index (χ1v) is 8.37. The Hall–Kier alpha value is -0.580. The number of aliphatic hydroxyl groups is 1. The third-order valence-electron chi connectivity index (χ3n) is 4.48. The maximum atomic E-state index is 10.0. The van der Waals surface area contributed by atoms with Crippen LogP contribution in [0.4, 0.5) is 5.69 Å². The number of halogens is 1. The molecule has 20 heavy (non-hydrogen) atoms. The second-order valence-electron chi connectivity index (χ2n) is 6.21. The second-order valence-corrected chi connectivity index (χ2v) is 7.06. The highest BCUT2D eigenvalue weighted by Gasteiger charge is 2.25. The molecule has 1 heterocycles. The van der Waals surface area contributed by atoms with E-state index in [0.717, 1.165) is 36.6 Å². The van der Waals surface area contributed by atoms with Crippen LogP contribution in [0.2, 0.25) is 0 Å². The molecule has 0 spiro atoms. The van der Waals surface area contributed by atoms with Gasteiger partial charge in [-0.2, -0.15) is 0 Å². The number of piperidine rings is 1. The van der Waals surface area contributed by atoms with Crippen molar-refractivity contribution < 1.29 is 5.11 Å². The van der Waals surface area contributed by atoms with Gasteiger partial charge in [0.2, 0.25) is 0 Å². The lowest BCUT2D eigenvalue weighted by atomic mass is 9.95. The normalized spacial score (nSPS) is 26.9. The molecule has 1 saturated carbocycles. The van der Waals surface area contributed by atoms with Crippen LogP contribution >= 0.6 is 15.9 Å². The lowest BCUT2D eigenvalue weighted by molar-refractivity contribution is 0.103. The van der Waals surface area contributed by atoms with Crippen molar-refractivity contribution in [2.75, 3.05) is 18.0 Å². The van der Waals surface area contributed by atoms with Crippen molar-refractivity contribution in [1.29, 1.82) is 0 Å². The van der Waals surface area contributed by atoms with Crippen LogP contribution in [0.3, 0.4) is 0 Å². The van der Waals surface area contributed by atoms with Crippen molar-refractivity contribution in [2.24, 2.45) is 5.92 Å². The van der Waals surface area contributed by atoms with Gasteiger partial charge in [0.15, 0.2) is 0 Å². The van der Waals surface area contributed by atoms with E-state index in [0.29, 0.717) is 5.92 Å². The predicted octanol–water partition coefficient (Wildman–Crippen LogP) is 2.91. The molecule has 4 heteroatoms. The first-order valence-electron chi connectivity index (χ1n) is 7.58. The summed E-state index contributed by atoms with van der Waals surface area (Å²) in [4.78, 5) is 2.29. The summed E-state index contributed by atoms with van der Waals surface area (Å²) >= 11 is 3.68. The van der Waals surface area contributed by atoms with E-state index < -0.39 is 0 Å². The predicted molar refractivity (Wildman–Crippen MR) is 86.0 cm³/mol. The van der Waals surface area contributed by atoms with Gasteiger partial charge in [-0.25, -0.2) is 0 Å². The maximum absolute atomic E-state index is 10.0. The smallest absolute Gasteiger partial charge is 0.0741 e. The van der Waals surface area contributed by atoms with Crippen molar-refractivity contribution >= 4 is 21.6 Å². The molecular weight excluding hydrogens is 316 g/mol. The summed E-state index contributed by atoms with van der Waals surface area (Å²) in [6.07, 6.45) is 3.49. The lowest BCUT2D eigenvalue weighted by Gasteiger charge is -2.36. The zero-order valence-corrected chi connectivity index (χ0v) is 13.6. The number of nitrogens with one attached hydrogen (secondary N) is 1. The molecule has 1 aliphatic heterocycles. The number of rotatable bonds is 4. The molecule has 1 aromatic carbocycles. The summed E-state index contributed by atoms with van der Waals surface area (Å²) in [7, 11) is 0. The van der Waals surface area contributed by atoms with Crippen molar-refractivity contribution in [3.63, 3.8) is 0 Å². The minimum absolute atomic E-state index is 0.210. The van der Waals surface area contributed by atoms with E-state index >= 15 is 0 Å². The fraction of sp³-hybridized carbons (Fsp3) is 0.625. The molecule has 3 rings (SSSR count). The Morgan fingerprint density at radius 1 is 1.35 bits per heavy atom. The molecule has 0 radical (unpaired) electrons. The monoisotopic (exact) mass is 338 g/mol. The van der Waals surface area contributed by atoms with Gasteiger partial charge in [0.25, 0.3) is 0 Å². The number of aliphatic hydroxyl groups excluding tert-OH is 1. The number of nitrogens with zero attached hydrogens (tertiary/aromatic N) is 1. The van der Waals surface area contributed by atoms with Gasteiger partial charge in [-0.15, -0.1) is 0 Å². The number of anilines is 1. The van der Waals surface area contributed by atoms with Gasteiger partial charge >= 0.3 is 0 Å². The van der Waals surface area contributed by atoms with E-state index in [4.69, 9.17) is 0 Å². The van der Waals surface area contributed by atoms with E-state index in [-0.39, 0.29) is 6.10 Å². The van der Waals surface area contributed by atoms with Crippen LogP contribution < -0.4 is 10.2 Å². The van der Waals surface area contributed by atoms with Gasteiger partial charge < -0.3 is 15.3 Å².